The molecule has 1 fully saturated rings. The highest BCUT2D eigenvalue weighted by Crippen LogP contribution is 2.27. The second-order valence-electron chi connectivity index (χ2n) is 5.69. The number of halogens is 1. The first-order chi connectivity index (χ1) is 9.08. The van der Waals surface area contributed by atoms with Gasteiger partial charge in [0.1, 0.15) is 0 Å². The molecule has 1 amide bonds. The zero-order valence-corrected chi connectivity index (χ0v) is 13.0. The summed E-state index contributed by atoms with van der Waals surface area (Å²) < 4.78 is 0. The first kappa shape index (κ1) is 16.9. The van der Waals surface area contributed by atoms with Crippen LogP contribution in [0.15, 0.2) is 24.5 Å². The Bertz CT molecular complexity index is 424. The molecular formula is C15H24ClN3O. The Balaban J connectivity index is 0.00000200. The quantitative estimate of drug-likeness (QED) is 0.928. The summed E-state index contributed by atoms with van der Waals surface area (Å²) in [4.78, 5) is 18.6. The number of hydrogen-bond acceptors (Lipinski definition) is 3. The minimum Gasteiger partial charge on any atom is -0.336 e. The molecule has 2 unspecified atom stereocenters. The molecule has 4 nitrogen and oxygen atoms in total. The Morgan fingerprint density at radius 3 is 2.75 bits per heavy atom. The van der Waals surface area contributed by atoms with Gasteiger partial charge in [0.2, 0.25) is 5.91 Å². The lowest BCUT2D eigenvalue weighted by Gasteiger charge is -2.29. The SMILES string of the molecule is CC(C)N(Cc1cccnc1)C(=O)C1CCC(N)C1.Cl. The molecule has 1 aliphatic rings. The maximum absolute atomic E-state index is 12.6. The summed E-state index contributed by atoms with van der Waals surface area (Å²) in [6.07, 6.45) is 6.30. The molecule has 0 bridgehead atoms. The van der Waals surface area contributed by atoms with Gasteiger partial charge in [0.15, 0.2) is 0 Å². The molecule has 1 saturated carbocycles. The Hall–Kier alpha value is -1.13. The van der Waals surface area contributed by atoms with Crippen LogP contribution >= 0.6 is 12.4 Å². The Morgan fingerprint density at radius 1 is 1.50 bits per heavy atom. The van der Waals surface area contributed by atoms with Crippen LogP contribution in [0.3, 0.4) is 0 Å². The number of amides is 1. The summed E-state index contributed by atoms with van der Waals surface area (Å²) in [5, 5.41) is 0. The Labute approximate surface area is 127 Å². The van der Waals surface area contributed by atoms with Crippen LogP contribution in [0.5, 0.6) is 0 Å². The van der Waals surface area contributed by atoms with Gasteiger partial charge in [0.05, 0.1) is 0 Å². The summed E-state index contributed by atoms with van der Waals surface area (Å²) in [5.74, 6) is 0.348. The fourth-order valence-electron chi connectivity index (χ4n) is 2.68. The topological polar surface area (TPSA) is 59.2 Å². The molecule has 0 saturated heterocycles. The molecule has 0 spiro atoms. The Kier molecular flexibility index (Phi) is 6.43. The van der Waals surface area contributed by atoms with Gasteiger partial charge in [-0.3, -0.25) is 9.78 Å². The zero-order valence-electron chi connectivity index (χ0n) is 12.2. The molecule has 2 N–H and O–H groups in total. The van der Waals surface area contributed by atoms with E-state index in [1.54, 1.807) is 6.20 Å². The van der Waals surface area contributed by atoms with Gasteiger partial charge in [-0.25, -0.2) is 0 Å². The molecule has 1 aromatic rings. The van der Waals surface area contributed by atoms with E-state index in [1.165, 1.54) is 0 Å². The first-order valence-corrected chi connectivity index (χ1v) is 7.03. The number of pyridine rings is 1. The minimum absolute atomic E-state index is 0. The largest absolute Gasteiger partial charge is 0.336 e. The normalized spacial score (nSPS) is 21.6. The molecule has 1 aliphatic carbocycles. The third-order valence-corrected chi connectivity index (χ3v) is 3.80. The second-order valence-corrected chi connectivity index (χ2v) is 5.69. The van der Waals surface area contributed by atoms with Gasteiger partial charge in [-0.1, -0.05) is 6.07 Å². The van der Waals surface area contributed by atoms with Crippen LogP contribution in [0.25, 0.3) is 0 Å². The van der Waals surface area contributed by atoms with Crippen LogP contribution in [0.4, 0.5) is 0 Å². The fourth-order valence-corrected chi connectivity index (χ4v) is 2.68. The van der Waals surface area contributed by atoms with Gasteiger partial charge in [0, 0.05) is 36.9 Å². The van der Waals surface area contributed by atoms with Gasteiger partial charge >= 0.3 is 0 Å². The molecule has 1 aromatic heterocycles. The summed E-state index contributed by atoms with van der Waals surface area (Å²) >= 11 is 0. The highest BCUT2D eigenvalue weighted by molar-refractivity contribution is 5.85. The van der Waals surface area contributed by atoms with E-state index in [4.69, 9.17) is 5.73 Å². The lowest BCUT2D eigenvalue weighted by molar-refractivity contribution is -0.137. The van der Waals surface area contributed by atoms with Crippen molar-refractivity contribution in [2.45, 2.75) is 51.7 Å². The van der Waals surface area contributed by atoms with Gasteiger partial charge in [0.25, 0.3) is 0 Å². The highest BCUT2D eigenvalue weighted by Gasteiger charge is 2.31. The fraction of sp³-hybridized carbons (Fsp3) is 0.600. The summed E-state index contributed by atoms with van der Waals surface area (Å²) in [6.45, 7) is 4.75. The van der Waals surface area contributed by atoms with E-state index in [2.05, 4.69) is 18.8 Å². The molecule has 2 atom stereocenters. The summed E-state index contributed by atoms with van der Waals surface area (Å²) in [6, 6.07) is 4.31. The Morgan fingerprint density at radius 2 is 2.25 bits per heavy atom. The lowest BCUT2D eigenvalue weighted by Crippen LogP contribution is -2.40. The first-order valence-electron chi connectivity index (χ1n) is 7.03. The number of carbonyl (C=O) groups is 1. The van der Waals surface area contributed by atoms with Crippen molar-refractivity contribution >= 4 is 18.3 Å². The van der Waals surface area contributed by atoms with Gasteiger partial charge < -0.3 is 10.6 Å². The molecule has 0 aromatic carbocycles. The van der Waals surface area contributed by atoms with E-state index in [0.29, 0.717) is 6.54 Å². The van der Waals surface area contributed by atoms with Crippen LogP contribution in [0.2, 0.25) is 0 Å². The van der Waals surface area contributed by atoms with E-state index in [-0.39, 0.29) is 36.3 Å². The van der Waals surface area contributed by atoms with Crippen molar-refractivity contribution in [3.8, 4) is 0 Å². The molecule has 20 heavy (non-hydrogen) atoms. The molecule has 0 radical (unpaired) electrons. The number of aromatic nitrogens is 1. The van der Waals surface area contributed by atoms with Crippen molar-refractivity contribution in [3.05, 3.63) is 30.1 Å². The molecule has 0 aliphatic heterocycles. The van der Waals surface area contributed by atoms with Gasteiger partial charge in [-0.15, -0.1) is 12.4 Å². The maximum atomic E-state index is 12.6. The predicted molar refractivity (Wildman–Crippen MR) is 82.5 cm³/mol. The third-order valence-electron chi connectivity index (χ3n) is 3.80. The summed E-state index contributed by atoms with van der Waals surface area (Å²) in [5.41, 5.74) is 6.99. The van der Waals surface area contributed by atoms with Crippen molar-refractivity contribution in [3.63, 3.8) is 0 Å². The minimum atomic E-state index is 0. The number of nitrogens with zero attached hydrogens (tertiary/aromatic N) is 2. The van der Waals surface area contributed by atoms with Gasteiger partial charge in [-0.05, 0) is 44.7 Å². The van der Waals surface area contributed by atoms with Crippen molar-refractivity contribution < 1.29 is 4.79 Å². The van der Waals surface area contributed by atoms with Crippen molar-refractivity contribution in [1.82, 2.24) is 9.88 Å². The van der Waals surface area contributed by atoms with E-state index in [9.17, 15) is 4.79 Å². The second kappa shape index (κ2) is 7.60. The standard InChI is InChI=1S/C15H23N3O.ClH/c1-11(2)18(10-12-4-3-7-17-9-12)15(19)13-5-6-14(16)8-13;/h3-4,7,9,11,13-14H,5-6,8,10,16H2,1-2H3;1H. The van der Waals surface area contributed by atoms with Crippen molar-refractivity contribution in [2.24, 2.45) is 11.7 Å². The van der Waals surface area contributed by atoms with E-state index >= 15 is 0 Å². The van der Waals surface area contributed by atoms with E-state index in [0.717, 1.165) is 24.8 Å². The van der Waals surface area contributed by atoms with Crippen LogP contribution in [-0.2, 0) is 11.3 Å². The lowest BCUT2D eigenvalue weighted by atomic mass is 10.0. The predicted octanol–water partition coefficient (Wildman–Crippen LogP) is 2.37. The van der Waals surface area contributed by atoms with Crippen LogP contribution in [0.1, 0.15) is 38.7 Å². The average molecular weight is 298 g/mol. The van der Waals surface area contributed by atoms with Crippen LogP contribution < -0.4 is 5.73 Å². The molecule has 5 heteroatoms. The third kappa shape index (κ3) is 4.18. The highest BCUT2D eigenvalue weighted by atomic mass is 35.5. The van der Waals surface area contributed by atoms with Crippen molar-refractivity contribution in [2.75, 3.05) is 0 Å². The number of carbonyl (C=O) groups excluding carboxylic acids is 1. The monoisotopic (exact) mass is 297 g/mol. The van der Waals surface area contributed by atoms with Crippen molar-refractivity contribution in [1.29, 1.82) is 0 Å². The molecular weight excluding hydrogens is 274 g/mol. The maximum Gasteiger partial charge on any atom is 0.226 e. The average Bonchev–Trinajstić information content (AvgIpc) is 2.83. The molecule has 112 valence electrons. The van der Waals surface area contributed by atoms with Crippen LogP contribution in [0, 0.1) is 5.92 Å². The van der Waals surface area contributed by atoms with Gasteiger partial charge in [-0.2, -0.15) is 0 Å². The van der Waals surface area contributed by atoms with E-state index < -0.39 is 0 Å². The van der Waals surface area contributed by atoms with Crippen LogP contribution in [-0.4, -0.2) is 27.9 Å². The number of rotatable bonds is 4. The molecule has 1 heterocycles. The number of nitrogens with two attached hydrogens (primary N) is 1. The van der Waals surface area contributed by atoms with E-state index in [1.807, 2.05) is 23.2 Å². The molecule has 2 rings (SSSR count). The smallest absolute Gasteiger partial charge is 0.226 e. The summed E-state index contributed by atoms with van der Waals surface area (Å²) in [7, 11) is 0. The number of hydrogen-bond donors (Lipinski definition) is 1. The zero-order chi connectivity index (χ0) is 13.8.